The zero-order valence-corrected chi connectivity index (χ0v) is 17.6. The van der Waals surface area contributed by atoms with Gasteiger partial charge in [0, 0.05) is 17.5 Å². The van der Waals surface area contributed by atoms with Crippen molar-refractivity contribution in [2.45, 2.75) is 25.8 Å². The van der Waals surface area contributed by atoms with E-state index in [9.17, 15) is 4.79 Å². The van der Waals surface area contributed by atoms with Crippen LogP contribution >= 0.6 is 11.6 Å². The fourth-order valence-corrected chi connectivity index (χ4v) is 5.03. The maximum absolute atomic E-state index is 12.7. The molecule has 5 heteroatoms. The van der Waals surface area contributed by atoms with Crippen LogP contribution < -0.4 is 10.6 Å². The van der Waals surface area contributed by atoms with E-state index < -0.39 is 6.09 Å². The largest absolute Gasteiger partial charge is 0.448 e. The normalized spacial score (nSPS) is 14.6. The van der Waals surface area contributed by atoms with Gasteiger partial charge in [0.25, 0.3) is 0 Å². The quantitative estimate of drug-likeness (QED) is 0.577. The molecule has 1 amide bonds. The molecule has 0 aromatic heterocycles. The molecule has 0 saturated heterocycles. The molecule has 152 valence electrons. The molecule has 0 spiro atoms. The summed E-state index contributed by atoms with van der Waals surface area (Å²) >= 11 is 6.42. The van der Waals surface area contributed by atoms with E-state index in [0.717, 1.165) is 40.4 Å². The summed E-state index contributed by atoms with van der Waals surface area (Å²) in [5.74, 6) is 0.0487. The summed E-state index contributed by atoms with van der Waals surface area (Å²) in [5.41, 5.74) is 8.79. The smallest absolute Gasteiger partial charge is 0.411 e. The van der Waals surface area contributed by atoms with Gasteiger partial charge in [0.05, 0.1) is 5.69 Å². The monoisotopic (exact) mass is 418 g/mol. The second-order valence-corrected chi connectivity index (χ2v) is 8.29. The van der Waals surface area contributed by atoms with Crippen LogP contribution in [0, 0.1) is 6.92 Å². The van der Waals surface area contributed by atoms with Crippen molar-refractivity contribution in [3.05, 3.63) is 87.4 Å². The maximum atomic E-state index is 12.7. The third-order valence-corrected chi connectivity index (χ3v) is 6.45. The molecule has 1 heterocycles. The summed E-state index contributed by atoms with van der Waals surface area (Å²) in [6, 6.07) is 18.6. The summed E-state index contributed by atoms with van der Waals surface area (Å²) in [7, 11) is 0. The molecule has 3 aromatic carbocycles. The SMILES string of the molecule is Cc1cc(Cl)c2c(c1NC(=O)OCC1c3ccccc3-c3ccccc31)CCNC2. The molecule has 2 N–H and O–H groups in total. The predicted molar refractivity (Wildman–Crippen MR) is 120 cm³/mol. The van der Waals surface area contributed by atoms with Gasteiger partial charge in [0.1, 0.15) is 6.61 Å². The number of hydrogen-bond donors (Lipinski definition) is 2. The summed E-state index contributed by atoms with van der Waals surface area (Å²) < 4.78 is 5.72. The minimum Gasteiger partial charge on any atom is -0.448 e. The Morgan fingerprint density at radius 1 is 1.10 bits per heavy atom. The number of nitrogens with one attached hydrogen (secondary N) is 2. The lowest BCUT2D eigenvalue weighted by Crippen LogP contribution is -2.26. The van der Waals surface area contributed by atoms with Crippen LogP contribution in [0.2, 0.25) is 5.02 Å². The van der Waals surface area contributed by atoms with Crippen molar-refractivity contribution in [2.75, 3.05) is 18.5 Å². The van der Waals surface area contributed by atoms with Crippen molar-refractivity contribution in [1.29, 1.82) is 0 Å². The summed E-state index contributed by atoms with van der Waals surface area (Å²) in [4.78, 5) is 12.7. The molecule has 0 atom stereocenters. The Labute approximate surface area is 181 Å². The first kappa shape index (κ1) is 19.2. The number of anilines is 1. The molecule has 30 heavy (non-hydrogen) atoms. The van der Waals surface area contributed by atoms with E-state index in [2.05, 4.69) is 34.9 Å². The van der Waals surface area contributed by atoms with Gasteiger partial charge in [-0.15, -0.1) is 0 Å². The van der Waals surface area contributed by atoms with E-state index >= 15 is 0 Å². The van der Waals surface area contributed by atoms with E-state index in [1.165, 1.54) is 22.3 Å². The number of ether oxygens (including phenoxy) is 1. The van der Waals surface area contributed by atoms with Crippen molar-refractivity contribution < 1.29 is 9.53 Å². The summed E-state index contributed by atoms with van der Waals surface area (Å²) in [6.45, 7) is 3.85. The Morgan fingerprint density at radius 3 is 2.47 bits per heavy atom. The van der Waals surface area contributed by atoms with Crippen LogP contribution in [-0.4, -0.2) is 19.2 Å². The van der Waals surface area contributed by atoms with Crippen molar-refractivity contribution in [3.63, 3.8) is 0 Å². The average Bonchev–Trinajstić information content (AvgIpc) is 3.09. The van der Waals surface area contributed by atoms with Crippen LogP contribution in [0.1, 0.15) is 33.7 Å². The van der Waals surface area contributed by atoms with Crippen LogP contribution in [0.15, 0.2) is 54.6 Å². The second-order valence-electron chi connectivity index (χ2n) is 7.88. The number of amides is 1. The highest BCUT2D eigenvalue weighted by atomic mass is 35.5. The van der Waals surface area contributed by atoms with E-state index in [-0.39, 0.29) is 5.92 Å². The first-order valence-corrected chi connectivity index (χ1v) is 10.6. The third-order valence-electron chi connectivity index (χ3n) is 6.12. The number of carbonyl (C=O) groups is 1. The van der Waals surface area contributed by atoms with Crippen LogP contribution in [0.25, 0.3) is 11.1 Å². The second kappa shape index (κ2) is 7.78. The van der Waals surface area contributed by atoms with Crippen LogP contribution in [0.4, 0.5) is 10.5 Å². The molecule has 0 saturated carbocycles. The summed E-state index contributed by atoms with van der Waals surface area (Å²) in [6.07, 6.45) is 0.401. The van der Waals surface area contributed by atoms with E-state index in [4.69, 9.17) is 16.3 Å². The third kappa shape index (κ3) is 3.26. The molecular formula is C25H23ClN2O2. The van der Waals surface area contributed by atoms with Crippen LogP contribution in [-0.2, 0) is 17.7 Å². The molecule has 5 rings (SSSR count). The number of aryl methyl sites for hydroxylation is 1. The number of carbonyl (C=O) groups excluding carboxylic acids is 1. The molecule has 1 aliphatic carbocycles. The Hall–Kier alpha value is -2.82. The fraction of sp³-hybridized carbons (Fsp3) is 0.240. The predicted octanol–water partition coefficient (Wildman–Crippen LogP) is 5.66. The summed E-state index contributed by atoms with van der Waals surface area (Å²) in [5, 5.41) is 7.07. The lowest BCUT2D eigenvalue weighted by Gasteiger charge is -2.24. The Morgan fingerprint density at radius 2 is 1.77 bits per heavy atom. The molecule has 1 aliphatic heterocycles. The molecule has 4 nitrogen and oxygen atoms in total. The highest BCUT2D eigenvalue weighted by Gasteiger charge is 2.29. The zero-order valence-electron chi connectivity index (χ0n) is 16.8. The first-order chi connectivity index (χ1) is 14.6. The molecule has 0 fully saturated rings. The molecule has 0 unspecified atom stereocenters. The lowest BCUT2D eigenvalue weighted by molar-refractivity contribution is 0.158. The van der Waals surface area contributed by atoms with E-state index in [1.807, 2.05) is 37.3 Å². The molecular weight excluding hydrogens is 396 g/mol. The van der Waals surface area contributed by atoms with Gasteiger partial charge >= 0.3 is 6.09 Å². The van der Waals surface area contributed by atoms with Crippen molar-refractivity contribution in [1.82, 2.24) is 5.32 Å². The van der Waals surface area contributed by atoms with Gasteiger partial charge in [0.15, 0.2) is 0 Å². The van der Waals surface area contributed by atoms with Gasteiger partial charge in [-0.05, 0) is 64.9 Å². The minimum atomic E-state index is -0.428. The van der Waals surface area contributed by atoms with Crippen molar-refractivity contribution in [2.24, 2.45) is 0 Å². The number of hydrogen-bond acceptors (Lipinski definition) is 3. The number of rotatable bonds is 3. The highest BCUT2D eigenvalue weighted by Crippen LogP contribution is 2.44. The van der Waals surface area contributed by atoms with Gasteiger partial charge in [0.2, 0.25) is 0 Å². The van der Waals surface area contributed by atoms with Crippen molar-refractivity contribution in [3.8, 4) is 11.1 Å². The van der Waals surface area contributed by atoms with E-state index in [0.29, 0.717) is 13.2 Å². The van der Waals surface area contributed by atoms with Crippen LogP contribution in [0.3, 0.4) is 0 Å². The lowest BCUT2D eigenvalue weighted by atomic mass is 9.96. The fourth-order valence-electron chi connectivity index (χ4n) is 4.69. The zero-order chi connectivity index (χ0) is 20.7. The number of benzene rings is 3. The number of fused-ring (bicyclic) bond motifs is 4. The minimum absolute atomic E-state index is 0.0487. The molecule has 0 radical (unpaired) electrons. The molecule has 2 aliphatic rings. The van der Waals surface area contributed by atoms with E-state index in [1.54, 1.807) is 0 Å². The van der Waals surface area contributed by atoms with Crippen molar-refractivity contribution >= 4 is 23.4 Å². The van der Waals surface area contributed by atoms with Gasteiger partial charge in [-0.1, -0.05) is 60.1 Å². The molecule has 0 bridgehead atoms. The average molecular weight is 419 g/mol. The number of halogens is 1. The first-order valence-electron chi connectivity index (χ1n) is 10.3. The van der Waals surface area contributed by atoms with Gasteiger partial charge in [-0.2, -0.15) is 0 Å². The maximum Gasteiger partial charge on any atom is 0.411 e. The van der Waals surface area contributed by atoms with Gasteiger partial charge in [-0.3, -0.25) is 5.32 Å². The van der Waals surface area contributed by atoms with Gasteiger partial charge < -0.3 is 10.1 Å². The standard InChI is InChI=1S/C25H23ClN2O2/c1-15-12-23(26)21-13-27-11-10-20(21)24(15)28-25(29)30-14-22-18-8-4-2-6-16(18)17-7-3-5-9-19(17)22/h2-9,12,22,27H,10-11,13-14H2,1H3,(H,28,29). The Bertz CT molecular complexity index is 1100. The Kier molecular flexibility index (Phi) is 4.97. The highest BCUT2D eigenvalue weighted by molar-refractivity contribution is 6.31. The topological polar surface area (TPSA) is 50.4 Å². The van der Waals surface area contributed by atoms with Crippen LogP contribution in [0.5, 0.6) is 0 Å². The molecule has 3 aromatic rings. The Balaban J connectivity index is 1.36. The van der Waals surface area contributed by atoms with Gasteiger partial charge in [-0.25, -0.2) is 4.79 Å².